The Hall–Kier alpha value is -1.30. The Labute approximate surface area is 79.9 Å². The molecule has 0 aliphatic heterocycles. The van der Waals surface area contributed by atoms with Crippen molar-refractivity contribution in [2.75, 3.05) is 19.4 Å². The fourth-order valence-electron chi connectivity index (χ4n) is 0.802. The number of methoxy groups -OCH3 is 1. The summed E-state index contributed by atoms with van der Waals surface area (Å²) in [6.07, 6.45) is 0.242. The zero-order valence-electron chi connectivity index (χ0n) is 7.24. The molecule has 72 valence electrons. The average molecular weight is 201 g/mol. The van der Waals surface area contributed by atoms with Crippen molar-refractivity contribution in [2.24, 2.45) is 0 Å². The van der Waals surface area contributed by atoms with E-state index in [4.69, 9.17) is 5.73 Å². The van der Waals surface area contributed by atoms with Gasteiger partial charge in [-0.25, -0.2) is 9.78 Å². The highest BCUT2D eigenvalue weighted by Gasteiger charge is 2.00. The third-order valence-electron chi connectivity index (χ3n) is 1.41. The number of carbonyl (C=O) groups is 1. The van der Waals surface area contributed by atoms with Gasteiger partial charge in [-0.05, 0) is 0 Å². The maximum absolute atomic E-state index is 10.6. The van der Waals surface area contributed by atoms with Gasteiger partial charge in [0.05, 0.1) is 12.8 Å². The number of rotatable bonds is 3. The van der Waals surface area contributed by atoms with Crippen LogP contribution in [-0.4, -0.2) is 24.7 Å². The zero-order chi connectivity index (χ0) is 9.68. The van der Waals surface area contributed by atoms with E-state index in [1.807, 2.05) is 5.38 Å². The van der Waals surface area contributed by atoms with Gasteiger partial charge in [0, 0.05) is 18.3 Å². The summed E-state index contributed by atoms with van der Waals surface area (Å²) in [7, 11) is 1.33. The smallest absolute Gasteiger partial charge is 0.406 e. The minimum atomic E-state index is -0.428. The van der Waals surface area contributed by atoms with Crippen LogP contribution in [0.25, 0.3) is 0 Å². The highest BCUT2D eigenvalue weighted by atomic mass is 32.1. The summed E-state index contributed by atoms with van der Waals surface area (Å²) in [4.78, 5) is 14.7. The van der Waals surface area contributed by atoms with Gasteiger partial charge in [0.15, 0.2) is 5.13 Å². The van der Waals surface area contributed by atoms with Crippen LogP contribution in [0, 0.1) is 0 Å². The second-order valence-corrected chi connectivity index (χ2v) is 3.24. The van der Waals surface area contributed by atoms with Gasteiger partial charge in [-0.15, -0.1) is 11.3 Å². The molecule has 0 radical (unpaired) electrons. The lowest BCUT2D eigenvalue weighted by Gasteiger charge is -2.00. The first-order valence-electron chi connectivity index (χ1n) is 3.74. The summed E-state index contributed by atoms with van der Waals surface area (Å²) in [6, 6.07) is 0. The van der Waals surface area contributed by atoms with E-state index in [1.165, 1.54) is 18.4 Å². The Kier molecular flexibility index (Phi) is 3.51. The van der Waals surface area contributed by atoms with Crippen LogP contribution in [0.4, 0.5) is 9.93 Å². The molecule has 0 saturated heterocycles. The van der Waals surface area contributed by atoms with E-state index in [2.05, 4.69) is 15.0 Å². The van der Waals surface area contributed by atoms with Crippen LogP contribution in [0.1, 0.15) is 5.69 Å². The molecule has 1 rings (SSSR count). The second kappa shape index (κ2) is 4.66. The quantitative estimate of drug-likeness (QED) is 0.751. The molecule has 1 aromatic heterocycles. The Balaban J connectivity index is 2.24. The monoisotopic (exact) mass is 201 g/mol. The molecule has 1 aromatic rings. The van der Waals surface area contributed by atoms with Gasteiger partial charge >= 0.3 is 6.09 Å². The number of hydrogen-bond donors (Lipinski definition) is 2. The molecule has 0 saturated carbocycles. The first-order valence-corrected chi connectivity index (χ1v) is 4.62. The maximum Gasteiger partial charge on any atom is 0.406 e. The molecule has 0 aliphatic rings. The number of hydrogen-bond acceptors (Lipinski definition) is 5. The number of nitrogen functional groups attached to an aromatic ring is 1. The van der Waals surface area contributed by atoms with Gasteiger partial charge < -0.3 is 15.8 Å². The lowest BCUT2D eigenvalue weighted by atomic mass is 10.3. The van der Waals surface area contributed by atoms with Gasteiger partial charge in [0.1, 0.15) is 0 Å². The molecule has 0 aliphatic carbocycles. The molecule has 5 nitrogen and oxygen atoms in total. The summed E-state index contributed by atoms with van der Waals surface area (Å²) in [5.41, 5.74) is 6.32. The first kappa shape index (κ1) is 9.79. The topological polar surface area (TPSA) is 77.2 Å². The van der Waals surface area contributed by atoms with Crippen LogP contribution in [-0.2, 0) is 11.2 Å². The van der Waals surface area contributed by atoms with Crippen molar-refractivity contribution in [3.63, 3.8) is 0 Å². The van der Waals surface area contributed by atoms with E-state index in [0.717, 1.165) is 5.69 Å². The summed E-state index contributed by atoms with van der Waals surface area (Å²) in [5, 5.41) is 4.97. The van der Waals surface area contributed by atoms with Crippen molar-refractivity contribution >= 4 is 22.6 Å². The summed E-state index contributed by atoms with van der Waals surface area (Å²) in [5.74, 6) is 0. The van der Waals surface area contributed by atoms with Gasteiger partial charge in [0.2, 0.25) is 0 Å². The summed E-state index contributed by atoms with van der Waals surface area (Å²) >= 11 is 1.39. The molecular formula is C7H11N3O2S. The van der Waals surface area contributed by atoms with Crippen molar-refractivity contribution in [1.29, 1.82) is 0 Å². The minimum absolute atomic E-state index is 0.428. The first-order chi connectivity index (χ1) is 6.22. The summed E-state index contributed by atoms with van der Waals surface area (Å²) < 4.78 is 4.40. The predicted octanol–water partition coefficient (Wildman–Crippen LogP) is 0.624. The van der Waals surface area contributed by atoms with Crippen LogP contribution < -0.4 is 11.1 Å². The normalized spacial score (nSPS) is 9.62. The standard InChI is InChI=1S/C7H11N3O2S/c1-12-7(11)9-3-2-5-4-13-6(8)10-5/h4H,2-3H2,1H3,(H2,8,10)(H,9,11). The van der Waals surface area contributed by atoms with Crippen molar-refractivity contribution in [2.45, 2.75) is 6.42 Å². The largest absolute Gasteiger partial charge is 0.453 e. The number of nitrogens with two attached hydrogens (primary N) is 1. The van der Waals surface area contributed by atoms with Crippen LogP contribution in [0.2, 0.25) is 0 Å². The lowest BCUT2D eigenvalue weighted by Crippen LogP contribution is -2.25. The number of ether oxygens (including phenoxy) is 1. The van der Waals surface area contributed by atoms with Crippen molar-refractivity contribution in [3.8, 4) is 0 Å². The molecule has 0 atom stereocenters. The van der Waals surface area contributed by atoms with Crippen LogP contribution in [0.3, 0.4) is 0 Å². The third kappa shape index (κ3) is 3.29. The maximum atomic E-state index is 10.6. The Bertz CT molecular complexity index is 287. The average Bonchev–Trinajstić information content (AvgIpc) is 2.51. The van der Waals surface area contributed by atoms with E-state index in [-0.39, 0.29) is 0 Å². The molecule has 0 unspecified atom stereocenters. The van der Waals surface area contributed by atoms with Crippen LogP contribution >= 0.6 is 11.3 Å². The summed E-state index contributed by atoms with van der Waals surface area (Å²) in [6.45, 7) is 0.510. The van der Waals surface area contributed by atoms with Gasteiger partial charge in [-0.2, -0.15) is 0 Å². The van der Waals surface area contributed by atoms with Crippen LogP contribution in [0.15, 0.2) is 5.38 Å². The number of anilines is 1. The lowest BCUT2D eigenvalue weighted by molar-refractivity contribution is 0.171. The van der Waals surface area contributed by atoms with Gasteiger partial charge in [0.25, 0.3) is 0 Å². The number of nitrogens with one attached hydrogen (secondary N) is 1. The fourth-order valence-corrected chi connectivity index (χ4v) is 1.40. The Morgan fingerprint density at radius 3 is 3.15 bits per heavy atom. The third-order valence-corrected chi connectivity index (χ3v) is 2.13. The number of alkyl carbamates (subject to hydrolysis) is 1. The number of nitrogens with zero attached hydrogens (tertiary/aromatic N) is 1. The van der Waals surface area contributed by atoms with Gasteiger partial charge in [-0.1, -0.05) is 0 Å². The molecule has 0 spiro atoms. The molecule has 6 heteroatoms. The molecule has 13 heavy (non-hydrogen) atoms. The highest BCUT2D eigenvalue weighted by molar-refractivity contribution is 7.13. The Morgan fingerprint density at radius 2 is 2.62 bits per heavy atom. The SMILES string of the molecule is COC(=O)NCCc1csc(N)n1. The van der Waals surface area contributed by atoms with E-state index in [1.54, 1.807) is 0 Å². The Morgan fingerprint density at radius 1 is 1.85 bits per heavy atom. The van der Waals surface area contributed by atoms with Gasteiger partial charge in [-0.3, -0.25) is 0 Å². The predicted molar refractivity (Wildman–Crippen MR) is 50.6 cm³/mol. The van der Waals surface area contributed by atoms with Crippen molar-refractivity contribution < 1.29 is 9.53 Å². The van der Waals surface area contributed by atoms with E-state index < -0.39 is 6.09 Å². The fraction of sp³-hybridized carbons (Fsp3) is 0.429. The number of carbonyl (C=O) groups excluding carboxylic acids is 1. The molecule has 1 heterocycles. The molecule has 0 bridgehead atoms. The molecule has 3 N–H and O–H groups in total. The highest BCUT2D eigenvalue weighted by Crippen LogP contribution is 2.10. The van der Waals surface area contributed by atoms with Crippen molar-refractivity contribution in [3.05, 3.63) is 11.1 Å². The van der Waals surface area contributed by atoms with E-state index in [0.29, 0.717) is 18.1 Å². The molecule has 0 fully saturated rings. The van der Waals surface area contributed by atoms with E-state index >= 15 is 0 Å². The number of thiazole rings is 1. The zero-order valence-corrected chi connectivity index (χ0v) is 8.06. The molecule has 0 aromatic carbocycles. The molecule has 1 amide bonds. The number of amides is 1. The van der Waals surface area contributed by atoms with E-state index in [9.17, 15) is 4.79 Å². The molecular weight excluding hydrogens is 190 g/mol. The van der Waals surface area contributed by atoms with Crippen molar-refractivity contribution in [1.82, 2.24) is 10.3 Å². The second-order valence-electron chi connectivity index (χ2n) is 2.35. The minimum Gasteiger partial charge on any atom is -0.453 e. The van der Waals surface area contributed by atoms with Crippen LogP contribution in [0.5, 0.6) is 0 Å². The number of aromatic nitrogens is 1.